The standard InChI is InChI=1S/C9H19NO2S/c1-3-5-9(8-6-4-7-8)13(11,12)10-2/h8-10H,3-7H2,1-2H3. The van der Waals surface area contributed by atoms with E-state index >= 15 is 0 Å². The van der Waals surface area contributed by atoms with Crippen molar-refractivity contribution < 1.29 is 8.42 Å². The molecule has 0 aromatic carbocycles. The molecule has 0 radical (unpaired) electrons. The van der Waals surface area contributed by atoms with Gasteiger partial charge in [0.2, 0.25) is 10.0 Å². The third-order valence-electron chi connectivity index (χ3n) is 2.93. The third kappa shape index (κ3) is 2.44. The lowest BCUT2D eigenvalue weighted by molar-refractivity contribution is 0.289. The first-order valence-electron chi connectivity index (χ1n) is 5.04. The van der Waals surface area contributed by atoms with Crippen LogP contribution in [0, 0.1) is 5.92 Å². The van der Waals surface area contributed by atoms with Gasteiger partial charge < -0.3 is 0 Å². The van der Waals surface area contributed by atoms with Gasteiger partial charge in [0.05, 0.1) is 5.25 Å². The maximum atomic E-state index is 11.6. The Labute approximate surface area is 81.0 Å². The molecule has 0 spiro atoms. The zero-order valence-electron chi connectivity index (χ0n) is 8.41. The van der Waals surface area contributed by atoms with Crippen molar-refractivity contribution >= 4 is 10.0 Å². The summed E-state index contributed by atoms with van der Waals surface area (Å²) in [5.41, 5.74) is 0. The summed E-state index contributed by atoms with van der Waals surface area (Å²) in [5.74, 6) is 0.414. The SMILES string of the molecule is CCCC(C1CCC1)S(=O)(=O)NC. The highest BCUT2D eigenvalue weighted by molar-refractivity contribution is 7.90. The summed E-state index contributed by atoms with van der Waals surface area (Å²) in [5, 5.41) is -0.142. The van der Waals surface area contributed by atoms with Gasteiger partial charge in [-0.15, -0.1) is 0 Å². The molecular formula is C9H19NO2S. The van der Waals surface area contributed by atoms with Crippen molar-refractivity contribution in [1.29, 1.82) is 0 Å². The Morgan fingerprint density at radius 2 is 2.08 bits per heavy atom. The van der Waals surface area contributed by atoms with Crippen LogP contribution in [0.2, 0.25) is 0 Å². The van der Waals surface area contributed by atoms with E-state index in [1.54, 1.807) is 0 Å². The Bertz CT molecular complexity index is 244. The molecule has 1 atom stereocenters. The predicted octanol–water partition coefficient (Wildman–Crippen LogP) is 1.50. The van der Waals surface area contributed by atoms with Crippen LogP contribution in [0.4, 0.5) is 0 Å². The summed E-state index contributed by atoms with van der Waals surface area (Å²) in [4.78, 5) is 0. The second-order valence-corrected chi connectivity index (χ2v) is 5.87. The number of hydrogen-bond acceptors (Lipinski definition) is 2. The Morgan fingerprint density at radius 1 is 1.46 bits per heavy atom. The van der Waals surface area contributed by atoms with E-state index in [9.17, 15) is 8.42 Å². The van der Waals surface area contributed by atoms with Crippen molar-refractivity contribution in [3.63, 3.8) is 0 Å². The molecule has 0 amide bonds. The molecule has 1 fully saturated rings. The molecule has 0 aromatic rings. The molecule has 4 heteroatoms. The molecule has 0 aromatic heterocycles. The first-order valence-corrected chi connectivity index (χ1v) is 6.58. The molecule has 0 aliphatic heterocycles. The van der Waals surface area contributed by atoms with Gasteiger partial charge >= 0.3 is 0 Å². The molecular weight excluding hydrogens is 186 g/mol. The van der Waals surface area contributed by atoms with E-state index in [1.165, 1.54) is 13.5 Å². The van der Waals surface area contributed by atoms with Gasteiger partial charge in [0.15, 0.2) is 0 Å². The summed E-state index contributed by atoms with van der Waals surface area (Å²) in [6.45, 7) is 2.04. The number of nitrogens with one attached hydrogen (secondary N) is 1. The summed E-state index contributed by atoms with van der Waals surface area (Å²) >= 11 is 0. The number of hydrogen-bond donors (Lipinski definition) is 1. The highest BCUT2D eigenvalue weighted by atomic mass is 32.2. The van der Waals surface area contributed by atoms with E-state index in [2.05, 4.69) is 4.72 Å². The van der Waals surface area contributed by atoms with E-state index < -0.39 is 10.0 Å². The molecule has 1 aliphatic rings. The third-order valence-corrected chi connectivity index (χ3v) is 4.92. The van der Waals surface area contributed by atoms with Gasteiger partial charge in [-0.25, -0.2) is 13.1 Å². The minimum absolute atomic E-state index is 0.142. The van der Waals surface area contributed by atoms with Gasteiger partial charge in [-0.2, -0.15) is 0 Å². The number of sulfonamides is 1. The first kappa shape index (κ1) is 11.0. The fraction of sp³-hybridized carbons (Fsp3) is 1.00. The van der Waals surface area contributed by atoms with Crippen LogP contribution in [0.25, 0.3) is 0 Å². The van der Waals surface area contributed by atoms with E-state index in [4.69, 9.17) is 0 Å². The highest BCUT2D eigenvalue weighted by Gasteiger charge is 2.34. The molecule has 1 N–H and O–H groups in total. The summed E-state index contributed by atoms with van der Waals surface area (Å²) in [6.07, 6.45) is 5.12. The van der Waals surface area contributed by atoms with Gasteiger partial charge in [-0.05, 0) is 32.2 Å². The maximum Gasteiger partial charge on any atom is 0.214 e. The van der Waals surface area contributed by atoms with Crippen molar-refractivity contribution in [2.24, 2.45) is 5.92 Å². The van der Waals surface area contributed by atoms with E-state index in [-0.39, 0.29) is 5.25 Å². The van der Waals surface area contributed by atoms with Crippen LogP contribution in [0.15, 0.2) is 0 Å². The second kappa shape index (κ2) is 4.42. The first-order chi connectivity index (χ1) is 6.11. The Balaban J connectivity index is 2.66. The summed E-state index contributed by atoms with van der Waals surface area (Å²) < 4.78 is 25.7. The van der Waals surface area contributed by atoms with Crippen molar-refractivity contribution in [3.05, 3.63) is 0 Å². The summed E-state index contributed by atoms with van der Waals surface area (Å²) in [6, 6.07) is 0. The van der Waals surface area contributed by atoms with Crippen LogP contribution in [-0.2, 0) is 10.0 Å². The van der Waals surface area contributed by atoms with E-state index in [0.29, 0.717) is 5.92 Å². The molecule has 0 saturated heterocycles. The Hall–Kier alpha value is -0.0900. The van der Waals surface area contributed by atoms with Crippen LogP contribution in [0.1, 0.15) is 39.0 Å². The average molecular weight is 205 g/mol. The zero-order valence-corrected chi connectivity index (χ0v) is 9.23. The van der Waals surface area contributed by atoms with Crippen LogP contribution in [0.3, 0.4) is 0 Å². The minimum Gasteiger partial charge on any atom is -0.218 e. The van der Waals surface area contributed by atoms with Crippen LogP contribution in [-0.4, -0.2) is 20.7 Å². The lowest BCUT2D eigenvalue weighted by Gasteiger charge is -2.32. The van der Waals surface area contributed by atoms with Gasteiger partial charge in [-0.1, -0.05) is 19.8 Å². The van der Waals surface area contributed by atoms with Gasteiger partial charge in [0.1, 0.15) is 0 Å². The van der Waals surface area contributed by atoms with E-state index in [0.717, 1.165) is 25.7 Å². The minimum atomic E-state index is -3.03. The van der Waals surface area contributed by atoms with Crippen molar-refractivity contribution in [3.8, 4) is 0 Å². The molecule has 1 aliphatic carbocycles. The average Bonchev–Trinajstić information content (AvgIpc) is 2.00. The van der Waals surface area contributed by atoms with Gasteiger partial charge in [0, 0.05) is 0 Å². The van der Waals surface area contributed by atoms with Crippen molar-refractivity contribution in [2.75, 3.05) is 7.05 Å². The van der Waals surface area contributed by atoms with Crippen LogP contribution in [0.5, 0.6) is 0 Å². The molecule has 13 heavy (non-hydrogen) atoms. The molecule has 3 nitrogen and oxygen atoms in total. The van der Waals surface area contributed by atoms with Gasteiger partial charge in [-0.3, -0.25) is 0 Å². The normalized spacial score (nSPS) is 21.1. The van der Waals surface area contributed by atoms with Crippen molar-refractivity contribution in [1.82, 2.24) is 4.72 Å². The van der Waals surface area contributed by atoms with Crippen LogP contribution >= 0.6 is 0 Å². The lowest BCUT2D eigenvalue weighted by Crippen LogP contribution is -2.39. The Morgan fingerprint density at radius 3 is 2.38 bits per heavy atom. The smallest absolute Gasteiger partial charge is 0.214 e. The van der Waals surface area contributed by atoms with Crippen LogP contribution < -0.4 is 4.72 Å². The molecule has 1 saturated carbocycles. The molecule has 0 bridgehead atoms. The lowest BCUT2D eigenvalue weighted by atomic mass is 9.81. The zero-order chi connectivity index (χ0) is 9.90. The maximum absolute atomic E-state index is 11.6. The largest absolute Gasteiger partial charge is 0.218 e. The monoisotopic (exact) mass is 205 g/mol. The highest BCUT2D eigenvalue weighted by Crippen LogP contribution is 2.34. The van der Waals surface area contributed by atoms with E-state index in [1.807, 2.05) is 6.92 Å². The number of rotatable bonds is 5. The van der Waals surface area contributed by atoms with Crippen molar-refractivity contribution in [2.45, 2.75) is 44.3 Å². The second-order valence-electron chi connectivity index (χ2n) is 3.77. The fourth-order valence-corrected chi connectivity index (χ4v) is 3.52. The summed E-state index contributed by atoms with van der Waals surface area (Å²) in [7, 11) is -1.52. The predicted molar refractivity (Wildman–Crippen MR) is 54.0 cm³/mol. The van der Waals surface area contributed by atoms with Gasteiger partial charge in [0.25, 0.3) is 0 Å². The molecule has 1 unspecified atom stereocenters. The molecule has 1 rings (SSSR count). The molecule has 78 valence electrons. The fourth-order valence-electron chi connectivity index (χ4n) is 1.89. The topological polar surface area (TPSA) is 46.2 Å². The molecule has 0 heterocycles. The Kier molecular flexibility index (Phi) is 3.74. The quantitative estimate of drug-likeness (QED) is 0.739.